The summed E-state index contributed by atoms with van der Waals surface area (Å²) in [5.41, 5.74) is 3.09. The molecule has 1 aliphatic heterocycles. The van der Waals surface area contributed by atoms with E-state index in [4.69, 9.17) is 0 Å². The number of thiol groups is 1. The summed E-state index contributed by atoms with van der Waals surface area (Å²) in [6.45, 7) is -0.0478. The number of nitrogens with one attached hydrogen (secondary N) is 1. The van der Waals surface area contributed by atoms with Gasteiger partial charge in [0.25, 0.3) is 5.91 Å². The Balaban J connectivity index is 1.61. The number of carbonyl (C=O) groups is 1. The maximum absolute atomic E-state index is 13.5. The fourth-order valence-corrected chi connectivity index (χ4v) is 6.74. The normalized spacial score (nSPS) is 19.5. The molecule has 0 aromatic heterocycles. The molecule has 8 nitrogen and oxygen atoms in total. The van der Waals surface area contributed by atoms with E-state index < -0.39 is 32.0 Å². The van der Waals surface area contributed by atoms with Gasteiger partial charge in [0.1, 0.15) is 6.04 Å². The number of rotatable bonds is 7. The molecule has 1 aliphatic rings. The molecule has 1 amide bonds. The van der Waals surface area contributed by atoms with Gasteiger partial charge in [0.05, 0.1) is 17.7 Å². The molecule has 3 aromatic rings. The van der Waals surface area contributed by atoms with Gasteiger partial charge < -0.3 is 0 Å². The molecule has 0 unspecified atom stereocenters. The van der Waals surface area contributed by atoms with Crippen molar-refractivity contribution in [1.29, 1.82) is 0 Å². The topological polar surface area (TPSA) is 104 Å². The molecule has 1 heterocycles. The van der Waals surface area contributed by atoms with Crippen molar-refractivity contribution >= 4 is 49.4 Å². The Hall–Kier alpha value is -2.44. The molecule has 0 aliphatic carbocycles. The summed E-state index contributed by atoms with van der Waals surface area (Å²) >= 11 is 4.42. The maximum atomic E-state index is 13.5. The second-order valence-corrected chi connectivity index (χ2v) is 12.7. The summed E-state index contributed by atoms with van der Waals surface area (Å²) in [6, 6.07) is 19.9. The van der Waals surface area contributed by atoms with E-state index in [0.29, 0.717) is 5.56 Å². The SMILES string of the molecule is CS(=O)(=O)N(Cc1ccccc1)NC(=O)[C@@H]1C[C@@H](S)CN1S(=O)(=O)c1ccc2ccccc2c1. The van der Waals surface area contributed by atoms with Crippen molar-refractivity contribution in [2.45, 2.75) is 29.2 Å². The molecule has 34 heavy (non-hydrogen) atoms. The average molecular weight is 520 g/mol. The van der Waals surface area contributed by atoms with Crippen LogP contribution in [0.15, 0.2) is 77.7 Å². The monoisotopic (exact) mass is 519 g/mol. The zero-order valence-electron chi connectivity index (χ0n) is 18.4. The molecule has 2 atom stereocenters. The molecule has 11 heteroatoms. The van der Waals surface area contributed by atoms with Gasteiger partial charge in [-0.1, -0.05) is 60.7 Å². The van der Waals surface area contributed by atoms with E-state index in [-0.39, 0.29) is 29.7 Å². The van der Waals surface area contributed by atoms with Crippen LogP contribution in [0, 0.1) is 0 Å². The van der Waals surface area contributed by atoms with E-state index >= 15 is 0 Å². The number of hydrogen-bond acceptors (Lipinski definition) is 6. The highest BCUT2D eigenvalue weighted by atomic mass is 32.2. The number of amides is 1. The first kappa shape index (κ1) is 24.7. The number of nitrogens with zero attached hydrogens (tertiary/aromatic N) is 2. The Morgan fingerprint density at radius 1 is 1.00 bits per heavy atom. The zero-order valence-corrected chi connectivity index (χ0v) is 20.9. The molecular formula is C23H25N3O5S3. The van der Waals surface area contributed by atoms with Crippen LogP contribution in [0.3, 0.4) is 0 Å². The Kier molecular flexibility index (Phi) is 7.02. The van der Waals surface area contributed by atoms with Gasteiger partial charge in [0, 0.05) is 11.8 Å². The van der Waals surface area contributed by atoms with E-state index in [2.05, 4.69) is 18.1 Å². The molecule has 1 N–H and O–H groups in total. The number of carbonyl (C=O) groups excluding carboxylic acids is 1. The molecule has 0 saturated carbocycles. The first-order valence-electron chi connectivity index (χ1n) is 10.6. The number of hydrazine groups is 1. The second kappa shape index (κ2) is 9.67. The highest BCUT2D eigenvalue weighted by Crippen LogP contribution is 2.30. The summed E-state index contributed by atoms with van der Waals surface area (Å²) in [7, 11) is -7.85. The van der Waals surface area contributed by atoms with Gasteiger partial charge in [-0.3, -0.25) is 10.2 Å². The lowest BCUT2D eigenvalue weighted by atomic mass is 10.1. The van der Waals surface area contributed by atoms with E-state index in [1.807, 2.05) is 24.3 Å². The Bertz CT molecular complexity index is 1410. The minimum absolute atomic E-state index is 0.0356. The fraction of sp³-hybridized carbons (Fsp3) is 0.261. The predicted molar refractivity (Wildman–Crippen MR) is 134 cm³/mol. The van der Waals surface area contributed by atoms with Crippen LogP contribution in [-0.2, 0) is 31.4 Å². The van der Waals surface area contributed by atoms with Crippen LogP contribution in [0.4, 0.5) is 0 Å². The predicted octanol–water partition coefficient (Wildman–Crippen LogP) is 2.39. The van der Waals surface area contributed by atoms with Crippen molar-refractivity contribution in [2.75, 3.05) is 12.8 Å². The van der Waals surface area contributed by atoms with E-state index in [1.54, 1.807) is 42.5 Å². The van der Waals surface area contributed by atoms with Gasteiger partial charge in [-0.2, -0.15) is 16.9 Å². The smallest absolute Gasteiger partial charge is 0.253 e. The van der Waals surface area contributed by atoms with Gasteiger partial charge in [-0.15, -0.1) is 4.41 Å². The average Bonchev–Trinajstić information content (AvgIpc) is 3.21. The van der Waals surface area contributed by atoms with E-state index in [1.165, 1.54) is 6.07 Å². The van der Waals surface area contributed by atoms with Gasteiger partial charge in [0.15, 0.2) is 0 Å². The van der Waals surface area contributed by atoms with Crippen molar-refractivity contribution in [1.82, 2.24) is 14.1 Å². The van der Waals surface area contributed by atoms with E-state index in [9.17, 15) is 21.6 Å². The molecule has 0 radical (unpaired) electrons. The van der Waals surface area contributed by atoms with E-state index in [0.717, 1.165) is 25.7 Å². The number of sulfonamides is 2. The molecular weight excluding hydrogens is 494 g/mol. The van der Waals surface area contributed by atoms with Crippen molar-refractivity contribution in [3.05, 3.63) is 78.4 Å². The van der Waals surface area contributed by atoms with Crippen molar-refractivity contribution in [3.8, 4) is 0 Å². The maximum Gasteiger partial charge on any atom is 0.253 e. The second-order valence-electron chi connectivity index (χ2n) is 8.22. The van der Waals surface area contributed by atoms with Gasteiger partial charge >= 0.3 is 0 Å². The Labute approximate surface area is 205 Å². The van der Waals surface area contributed by atoms with Crippen LogP contribution in [0.25, 0.3) is 10.8 Å². The molecule has 1 fully saturated rings. The summed E-state index contributed by atoms with van der Waals surface area (Å²) in [5.74, 6) is -0.720. The standard InChI is InChI=1S/C23H25N3O5S3/c1-33(28,29)26(15-17-7-3-2-4-8-17)24-23(27)22-14-20(32)16-25(22)34(30,31)21-12-11-18-9-5-6-10-19(18)13-21/h2-13,20,22,32H,14-16H2,1H3,(H,24,27)/t20-,22+/m1/s1. The summed E-state index contributed by atoms with van der Waals surface area (Å²) in [4.78, 5) is 13.2. The summed E-state index contributed by atoms with van der Waals surface area (Å²) in [6.07, 6.45) is 1.14. The Morgan fingerprint density at radius 2 is 1.65 bits per heavy atom. The highest BCUT2D eigenvalue weighted by molar-refractivity contribution is 7.89. The lowest BCUT2D eigenvalue weighted by Crippen LogP contribution is -2.52. The van der Waals surface area contributed by atoms with Crippen LogP contribution >= 0.6 is 12.6 Å². The third-order valence-electron chi connectivity index (χ3n) is 5.67. The van der Waals surface area contributed by atoms with Crippen molar-refractivity contribution in [3.63, 3.8) is 0 Å². The highest BCUT2D eigenvalue weighted by Gasteiger charge is 2.43. The third-order valence-corrected chi connectivity index (χ3v) is 8.93. The van der Waals surface area contributed by atoms with Gasteiger partial charge in [-0.25, -0.2) is 16.8 Å². The van der Waals surface area contributed by atoms with Crippen LogP contribution in [-0.4, -0.2) is 55.6 Å². The van der Waals surface area contributed by atoms with Crippen LogP contribution in [0.2, 0.25) is 0 Å². The summed E-state index contributed by atoms with van der Waals surface area (Å²) in [5, 5.41) is 1.29. The summed E-state index contributed by atoms with van der Waals surface area (Å²) < 4.78 is 53.6. The molecule has 0 bridgehead atoms. The molecule has 3 aromatic carbocycles. The number of hydrogen-bond donors (Lipinski definition) is 2. The first-order valence-corrected chi connectivity index (χ1v) is 14.4. The van der Waals surface area contributed by atoms with Crippen molar-refractivity contribution < 1.29 is 21.6 Å². The first-order chi connectivity index (χ1) is 16.1. The zero-order chi connectivity index (χ0) is 24.5. The van der Waals surface area contributed by atoms with Crippen LogP contribution in [0.5, 0.6) is 0 Å². The molecule has 1 saturated heterocycles. The fourth-order valence-electron chi connectivity index (χ4n) is 3.94. The lowest BCUT2D eigenvalue weighted by molar-refractivity contribution is -0.127. The van der Waals surface area contributed by atoms with Crippen LogP contribution in [0.1, 0.15) is 12.0 Å². The quantitative estimate of drug-likeness (QED) is 0.369. The minimum atomic E-state index is -4.03. The number of fused-ring (bicyclic) bond motifs is 1. The van der Waals surface area contributed by atoms with Crippen LogP contribution < -0.4 is 5.43 Å². The minimum Gasteiger partial charge on any atom is -0.274 e. The van der Waals surface area contributed by atoms with Crippen molar-refractivity contribution in [2.24, 2.45) is 0 Å². The van der Waals surface area contributed by atoms with Gasteiger partial charge in [-0.05, 0) is 34.9 Å². The molecule has 180 valence electrons. The molecule has 0 spiro atoms. The number of benzene rings is 3. The molecule has 4 rings (SSSR count). The lowest BCUT2D eigenvalue weighted by Gasteiger charge is -2.27. The largest absolute Gasteiger partial charge is 0.274 e. The Morgan fingerprint density at radius 3 is 2.32 bits per heavy atom. The van der Waals surface area contributed by atoms with Gasteiger partial charge in [0.2, 0.25) is 20.0 Å². The third kappa shape index (κ3) is 5.28.